The van der Waals surface area contributed by atoms with Gasteiger partial charge in [0.25, 0.3) is 0 Å². The molecule has 0 spiro atoms. The zero-order valence-corrected chi connectivity index (χ0v) is 14.2. The number of ether oxygens (including phenoxy) is 1. The molecule has 0 unspecified atom stereocenters. The van der Waals surface area contributed by atoms with Crippen molar-refractivity contribution in [3.63, 3.8) is 0 Å². The molecule has 0 saturated carbocycles. The molecule has 0 aromatic heterocycles. The standard InChI is InChI=1S/C21H20ClNO/c22-20-8-4-7-19(13-20)16-24-21-11-9-18(10-12-21)15-23-14-17-5-2-1-3-6-17/h1-13,23H,14-16H2. The highest BCUT2D eigenvalue weighted by Gasteiger charge is 1.99. The molecule has 2 nitrogen and oxygen atoms in total. The van der Waals surface area contributed by atoms with Crippen LogP contribution in [-0.4, -0.2) is 0 Å². The zero-order valence-electron chi connectivity index (χ0n) is 13.4. The lowest BCUT2D eigenvalue weighted by molar-refractivity contribution is 0.306. The third-order valence-electron chi connectivity index (χ3n) is 3.72. The molecule has 3 rings (SSSR count). The van der Waals surface area contributed by atoms with E-state index in [1.54, 1.807) is 0 Å². The maximum absolute atomic E-state index is 5.98. The number of benzene rings is 3. The predicted octanol–water partition coefficient (Wildman–Crippen LogP) is 5.21. The Bertz CT molecular complexity index is 756. The molecule has 3 heteroatoms. The first-order valence-electron chi connectivity index (χ1n) is 8.00. The average Bonchev–Trinajstić information content (AvgIpc) is 2.62. The molecule has 0 aliphatic heterocycles. The smallest absolute Gasteiger partial charge is 0.119 e. The van der Waals surface area contributed by atoms with Gasteiger partial charge in [-0.3, -0.25) is 0 Å². The molecule has 0 aliphatic rings. The Morgan fingerprint density at radius 2 is 1.38 bits per heavy atom. The van der Waals surface area contributed by atoms with Crippen molar-refractivity contribution in [3.8, 4) is 5.75 Å². The third kappa shape index (κ3) is 5.12. The van der Waals surface area contributed by atoms with Crippen LogP contribution >= 0.6 is 11.6 Å². The summed E-state index contributed by atoms with van der Waals surface area (Å²) < 4.78 is 5.80. The Balaban J connectivity index is 1.46. The van der Waals surface area contributed by atoms with E-state index in [9.17, 15) is 0 Å². The third-order valence-corrected chi connectivity index (χ3v) is 3.95. The summed E-state index contributed by atoms with van der Waals surface area (Å²) in [6.07, 6.45) is 0. The van der Waals surface area contributed by atoms with Crippen LogP contribution in [0.4, 0.5) is 0 Å². The molecule has 0 amide bonds. The molecule has 0 heterocycles. The number of hydrogen-bond acceptors (Lipinski definition) is 2. The summed E-state index contributed by atoms with van der Waals surface area (Å²) in [6, 6.07) is 26.3. The van der Waals surface area contributed by atoms with Crippen LogP contribution in [0.25, 0.3) is 0 Å². The Hall–Kier alpha value is -2.29. The second-order valence-electron chi connectivity index (χ2n) is 5.65. The highest BCUT2D eigenvalue weighted by molar-refractivity contribution is 6.30. The second kappa shape index (κ2) is 8.53. The summed E-state index contributed by atoms with van der Waals surface area (Å²) in [6.45, 7) is 2.23. The minimum atomic E-state index is 0.520. The Morgan fingerprint density at radius 3 is 2.08 bits per heavy atom. The molecule has 0 fully saturated rings. The summed E-state index contributed by atoms with van der Waals surface area (Å²) in [4.78, 5) is 0. The summed E-state index contributed by atoms with van der Waals surface area (Å²) in [5, 5.41) is 4.18. The SMILES string of the molecule is Clc1cccc(COc2ccc(CNCc3ccccc3)cc2)c1. The zero-order chi connectivity index (χ0) is 16.6. The fourth-order valence-corrected chi connectivity index (χ4v) is 2.66. The highest BCUT2D eigenvalue weighted by atomic mass is 35.5. The number of halogens is 1. The van der Waals surface area contributed by atoms with Gasteiger partial charge in [-0.1, -0.05) is 66.2 Å². The normalized spacial score (nSPS) is 10.5. The van der Waals surface area contributed by atoms with Gasteiger partial charge < -0.3 is 10.1 Å². The fourth-order valence-electron chi connectivity index (χ4n) is 2.44. The van der Waals surface area contributed by atoms with E-state index in [1.165, 1.54) is 11.1 Å². The molecule has 0 atom stereocenters. The first-order chi connectivity index (χ1) is 11.8. The molecule has 122 valence electrons. The lowest BCUT2D eigenvalue weighted by Gasteiger charge is -2.09. The molecule has 0 saturated heterocycles. The van der Waals surface area contributed by atoms with Gasteiger partial charge in [-0.25, -0.2) is 0 Å². The van der Waals surface area contributed by atoms with Gasteiger partial charge in [-0.15, -0.1) is 0 Å². The van der Waals surface area contributed by atoms with Crippen molar-refractivity contribution in [2.75, 3.05) is 0 Å². The van der Waals surface area contributed by atoms with Gasteiger partial charge in [0.1, 0.15) is 12.4 Å². The molecule has 0 aliphatic carbocycles. The van der Waals surface area contributed by atoms with Crippen LogP contribution in [0.2, 0.25) is 5.02 Å². The van der Waals surface area contributed by atoms with E-state index in [1.807, 2.05) is 42.5 Å². The highest BCUT2D eigenvalue weighted by Crippen LogP contribution is 2.16. The maximum Gasteiger partial charge on any atom is 0.119 e. The molecule has 0 radical (unpaired) electrons. The van der Waals surface area contributed by atoms with E-state index in [2.05, 4.69) is 41.7 Å². The summed E-state index contributed by atoms with van der Waals surface area (Å²) in [5.41, 5.74) is 3.59. The Kier molecular flexibility index (Phi) is 5.89. The molecule has 3 aromatic carbocycles. The monoisotopic (exact) mass is 337 g/mol. The summed E-state index contributed by atoms with van der Waals surface area (Å²) >= 11 is 5.98. The van der Waals surface area contributed by atoms with E-state index < -0.39 is 0 Å². The lowest BCUT2D eigenvalue weighted by Crippen LogP contribution is -2.12. The van der Waals surface area contributed by atoms with Crippen molar-refractivity contribution in [1.29, 1.82) is 0 Å². The number of nitrogens with one attached hydrogen (secondary N) is 1. The largest absolute Gasteiger partial charge is 0.489 e. The van der Waals surface area contributed by atoms with Gasteiger partial charge in [0.2, 0.25) is 0 Å². The van der Waals surface area contributed by atoms with Crippen LogP contribution < -0.4 is 10.1 Å². The molecule has 24 heavy (non-hydrogen) atoms. The topological polar surface area (TPSA) is 21.3 Å². The van der Waals surface area contributed by atoms with E-state index >= 15 is 0 Å². The van der Waals surface area contributed by atoms with E-state index in [4.69, 9.17) is 16.3 Å². The number of hydrogen-bond donors (Lipinski definition) is 1. The van der Waals surface area contributed by atoms with Crippen LogP contribution in [0.15, 0.2) is 78.9 Å². The van der Waals surface area contributed by atoms with Crippen molar-refractivity contribution >= 4 is 11.6 Å². The van der Waals surface area contributed by atoms with Crippen molar-refractivity contribution < 1.29 is 4.74 Å². The van der Waals surface area contributed by atoms with Crippen molar-refractivity contribution in [2.45, 2.75) is 19.7 Å². The molecule has 3 aromatic rings. The van der Waals surface area contributed by atoms with E-state index in [0.717, 1.165) is 29.4 Å². The van der Waals surface area contributed by atoms with Crippen LogP contribution in [0.5, 0.6) is 5.75 Å². The van der Waals surface area contributed by atoms with Gasteiger partial charge in [0.15, 0.2) is 0 Å². The molecule has 0 bridgehead atoms. The minimum Gasteiger partial charge on any atom is -0.489 e. The van der Waals surface area contributed by atoms with Gasteiger partial charge in [-0.05, 0) is 41.0 Å². The Labute approximate surface area is 148 Å². The van der Waals surface area contributed by atoms with Crippen LogP contribution in [0, 0.1) is 0 Å². The van der Waals surface area contributed by atoms with E-state index in [0.29, 0.717) is 6.61 Å². The molecular weight excluding hydrogens is 318 g/mol. The molecule has 1 N–H and O–H groups in total. The molecular formula is C21H20ClNO. The van der Waals surface area contributed by atoms with Crippen molar-refractivity contribution in [3.05, 3.63) is 101 Å². The minimum absolute atomic E-state index is 0.520. The average molecular weight is 338 g/mol. The fraction of sp³-hybridized carbons (Fsp3) is 0.143. The maximum atomic E-state index is 5.98. The van der Waals surface area contributed by atoms with Gasteiger partial charge in [0, 0.05) is 18.1 Å². The first-order valence-corrected chi connectivity index (χ1v) is 8.38. The summed E-state index contributed by atoms with van der Waals surface area (Å²) in [5.74, 6) is 0.863. The van der Waals surface area contributed by atoms with Crippen molar-refractivity contribution in [2.24, 2.45) is 0 Å². The first kappa shape index (κ1) is 16.6. The predicted molar refractivity (Wildman–Crippen MR) is 99.2 cm³/mol. The van der Waals surface area contributed by atoms with Gasteiger partial charge >= 0.3 is 0 Å². The lowest BCUT2D eigenvalue weighted by atomic mass is 10.2. The Morgan fingerprint density at radius 1 is 0.708 bits per heavy atom. The van der Waals surface area contributed by atoms with Gasteiger partial charge in [-0.2, -0.15) is 0 Å². The van der Waals surface area contributed by atoms with Crippen LogP contribution in [-0.2, 0) is 19.7 Å². The van der Waals surface area contributed by atoms with E-state index in [-0.39, 0.29) is 0 Å². The van der Waals surface area contributed by atoms with Crippen molar-refractivity contribution in [1.82, 2.24) is 5.32 Å². The number of rotatable bonds is 7. The van der Waals surface area contributed by atoms with Crippen LogP contribution in [0.3, 0.4) is 0 Å². The second-order valence-corrected chi connectivity index (χ2v) is 6.09. The quantitative estimate of drug-likeness (QED) is 0.639. The summed E-state index contributed by atoms with van der Waals surface area (Å²) in [7, 11) is 0. The van der Waals surface area contributed by atoms with Crippen LogP contribution in [0.1, 0.15) is 16.7 Å². The van der Waals surface area contributed by atoms with Gasteiger partial charge in [0.05, 0.1) is 0 Å².